The summed E-state index contributed by atoms with van der Waals surface area (Å²) in [6.07, 6.45) is 6.78. The smallest absolute Gasteiger partial charge is 0.308 e. The van der Waals surface area contributed by atoms with Crippen molar-refractivity contribution in [3.05, 3.63) is 0 Å². The molecule has 1 heterocycles. The van der Waals surface area contributed by atoms with Crippen LogP contribution in [0.2, 0.25) is 0 Å². The first kappa shape index (κ1) is 16.8. The van der Waals surface area contributed by atoms with Gasteiger partial charge in [-0.2, -0.15) is 0 Å². The zero-order valence-electron chi connectivity index (χ0n) is 14.3. The molecule has 0 radical (unpaired) electrons. The van der Waals surface area contributed by atoms with Gasteiger partial charge in [-0.25, -0.2) is 0 Å². The Morgan fingerprint density at radius 1 is 1.24 bits per heavy atom. The van der Waals surface area contributed by atoms with Crippen molar-refractivity contribution in [3.63, 3.8) is 0 Å². The van der Waals surface area contributed by atoms with Crippen LogP contribution in [-0.2, 0) is 4.79 Å². The molecular formula is C18H33NO2. The highest BCUT2D eigenvalue weighted by Crippen LogP contribution is 2.42. The summed E-state index contributed by atoms with van der Waals surface area (Å²) in [5, 5.41) is 9.62. The number of carboxylic acid groups (broad SMARTS) is 1. The van der Waals surface area contributed by atoms with Crippen LogP contribution in [0.3, 0.4) is 0 Å². The monoisotopic (exact) mass is 295 g/mol. The fourth-order valence-electron chi connectivity index (χ4n) is 4.36. The van der Waals surface area contributed by atoms with Crippen LogP contribution in [0, 0.1) is 23.2 Å². The van der Waals surface area contributed by atoms with Crippen molar-refractivity contribution in [2.45, 2.75) is 72.3 Å². The standard InChI is InChI=1S/C18H33NO2/c1-5-13-7-6-10-19(12-13)16-11-14(18(2,3)4)8-9-15(16)17(20)21/h13-16H,5-12H2,1-4H3,(H,20,21). The van der Waals surface area contributed by atoms with E-state index in [0.717, 1.165) is 38.3 Å². The third-order valence-corrected chi connectivity index (χ3v) is 5.96. The minimum Gasteiger partial charge on any atom is -0.481 e. The summed E-state index contributed by atoms with van der Waals surface area (Å²) in [5.41, 5.74) is 0.293. The third-order valence-electron chi connectivity index (χ3n) is 5.96. The molecule has 1 aliphatic heterocycles. The second-order valence-electron chi connectivity index (χ2n) is 8.30. The average molecular weight is 295 g/mol. The summed E-state index contributed by atoms with van der Waals surface area (Å²) < 4.78 is 0. The van der Waals surface area contributed by atoms with E-state index in [1.54, 1.807) is 0 Å². The lowest BCUT2D eigenvalue weighted by molar-refractivity contribution is -0.147. The van der Waals surface area contributed by atoms with Gasteiger partial charge in [0, 0.05) is 12.6 Å². The van der Waals surface area contributed by atoms with Crippen LogP contribution in [0.4, 0.5) is 0 Å². The highest BCUT2D eigenvalue weighted by atomic mass is 16.4. The lowest BCUT2D eigenvalue weighted by Gasteiger charge is -2.47. The van der Waals surface area contributed by atoms with E-state index in [4.69, 9.17) is 0 Å². The van der Waals surface area contributed by atoms with Gasteiger partial charge < -0.3 is 5.11 Å². The van der Waals surface area contributed by atoms with Gasteiger partial charge in [0.05, 0.1) is 5.92 Å². The Bertz CT molecular complexity index is 361. The molecule has 21 heavy (non-hydrogen) atoms. The molecule has 2 fully saturated rings. The lowest BCUT2D eigenvalue weighted by Crippen LogP contribution is -2.51. The molecule has 4 atom stereocenters. The summed E-state index contributed by atoms with van der Waals surface area (Å²) in [6, 6.07) is 0.259. The topological polar surface area (TPSA) is 40.5 Å². The van der Waals surface area contributed by atoms with Gasteiger partial charge in [0.1, 0.15) is 0 Å². The van der Waals surface area contributed by atoms with Gasteiger partial charge in [0.15, 0.2) is 0 Å². The predicted octanol–water partition coefficient (Wildman–Crippen LogP) is 4.02. The molecule has 0 spiro atoms. The molecule has 2 aliphatic rings. The molecule has 2 rings (SSSR count). The first-order valence-electron chi connectivity index (χ1n) is 8.79. The van der Waals surface area contributed by atoms with E-state index in [1.165, 1.54) is 19.3 Å². The van der Waals surface area contributed by atoms with E-state index in [-0.39, 0.29) is 12.0 Å². The maximum atomic E-state index is 11.7. The van der Waals surface area contributed by atoms with Crippen LogP contribution in [0.25, 0.3) is 0 Å². The van der Waals surface area contributed by atoms with Crippen molar-refractivity contribution in [1.29, 1.82) is 0 Å². The quantitative estimate of drug-likeness (QED) is 0.854. The van der Waals surface area contributed by atoms with Crippen molar-refractivity contribution in [3.8, 4) is 0 Å². The highest BCUT2D eigenvalue weighted by molar-refractivity contribution is 5.71. The van der Waals surface area contributed by atoms with Crippen molar-refractivity contribution < 1.29 is 9.90 Å². The molecule has 1 N–H and O–H groups in total. The van der Waals surface area contributed by atoms with Gasteiger partial charge in [0.2, 0.25) is 0 Å². The van der Waals surface area contributed by atoms with Gasteiger partial charge >= 0.3 is 5.97 Å². The Morgan fingerprint density at radius 2 is 1.95 bits per heavy atom. The van der Waals surface area contributed by atoms with Crippen LogP contribution in [-0.4, -0.2) is 35.1 Å². The number of likely N-dealkylation sites (tertiary alicyclic amines) is 1. The fourth-order valence-corrected chi connectivity index (χ4v) is 4.36. The van der Waals surface area contributed by atoms with Gasteiger partial charge in [-0.05, 0) is 55.9 Å². The number of rotatable bonds is 3. The Labute approximate surface area is 130 Å². The average Bonchev–Trinajstić information content (AvgIpc) is 2.45. The van der Waals surface area contributed by atoms with Gasteiger partial charge in [-0.15, -0.1) is 0 Å². The SMILES string of the molecule is CCC1CCCN(C2CC(C(C)(C)C)CCC2C(=O)O)C1. The van der Waals surface area contributed by atoms with E-state index in [2.05, 4.69) is 32.6 Å². The normalized spacial score (nSPS) is 35.6. The minimum atomic E-state index is -0.578. The third kappa shape index (κ3) is 4.00. The largest absolute Gasteiger partial charge is 0.481 e. The summed E-state index contributed by atoms with van der Waals surface area (Å²) in [6.45, 7) is 11.4. The number of carbonyl (C=O) groups is 1. The van der Waals surface area contributed by atoms with E-state index < -0.39 is 5.97 Å². The molecule has 0 amide bonds. The molecule has 3 heteroatoms. The molecule has 0 bridgehead atoms. The second-order valence-corrected chi connectivity index (χ2v) is 8.30. The number of piperidine rings is 1. The van der Waals surface area contributed by atoms with Crippen LogP contribution in [0.1, 0.15) is 66.2 Å². The Hall–Kier alpha value is -0.570. The Kier molecular flexibility index (Phi) is 5.34. The second kappa shape index (κ2) is 6.68. The van der Waals surface area contributed by atoms with E-state index >= 15 is 0 Å². The van der Waals surface area contributed by atoms with Crippen molar-refractivity contribution in [2.24, 2.45) is 23.2 Å². The molecule has 1 aliphatic carbocycles. The molecule has 0 aromatic carbocycles. The van der Waals surface area contributed by atoms with E-state index in [1.807, 2.05) is 0 Å². The van der Waals surface area contributed by atoms with Crippen LogP contribution >= 0.6 is 0 Å². The number of hydrogen-bond acceptors (Lipinski definition) is 2. The maximum absolute atomic E-state index is 11.7. The molecule has 4 unspecified atom stereocenters. The van der Waals surface area contributed by atoms with Crippen LogP contribution in [0.15, 0.2) is 0 Å². The number of carboxylic acids is 1. The van der Waals surface area contributed by atoms with Crippen LogP contribution < -0.4 is 0 Å². The van der Waals surface area contributed by atoms with E-state index in [0.29, 0.717) is 11.3 Å². The summed E-state index contributed by atoms with van der Waals surface area (Å²) in [4.78, 5) is 14.2. The van der Waals surface area contributed by atoms with Crippen molar-refractivity contribution in [1.82, 2.24) is 4.90 Å². The Morgan fingerprint density at radius 3 is 2.52 bits per heavy atom. The molecule has 3 nitrogen and oxygen atoms in total. The van der Waals surface area contributed by atoms with Gasteiger partial charge in [0.25, 0.3) is 0 Å². The number of hydrogen-bond donors (Lipinski definition) is 1. The lowest BCUT2D eigenvalue weighted by atomic mass is 9.67. The molecule has 0 aromatic rings. The van der Waals surface area contributed by atoms with Gasteiger partial charge in [-0.1, -0.05) is 34.1 Å². The summed E-state index contributed by atoms with van der Waals surface area (Å²) in [5.74, 6) is 0.688. The minimum absolute atomic E-state index is 0.154. The molecular weight excluding hydrogens is 262 g/mol. The predicted molar refractivity (Wildman–Crippen MR) is 86.3 cm³/mol. The van der Waals surface area contributed by atoms with Gasteiger partial charge in [-0.3, -0.25) is 9.69 Å². The van der Waals surface area contributed by atoms with Crippen LogP contribution in [0.5, 0.6) is 0 Å². The first-order chi connectivity index (χ1) is 9.82. The summed E-state index contributed by atoms with van der Waals surface area (Å²) >= 11 is 0. The zero-order chi connectivity index (χ0) is 15.6. The number of aliphatic carboxylic acids is 1. The highest BCUT2D eigenvalue weighted by Gasteiger charge is 2.42. The van der Waals surface area contributed by atoms with E-state index in [9.17, 15) is 9.90 Å². The maximum Gasteiger partial charge on any atom is 0.308 e. The number of nitrogens with zero attached hydrogens (tertiary/aromatic N) is 1. The molecule has 122 valence electrons. The zero-order valence-corrected chi connectivity index (χ0v) is 14.3. The molecule has 1 saturated carbocycles. The van der Waals surface area contributed by atoms with Crippen molar-refractivity contribution >= 4 is 5.97 Å². The Balaban J connectivity index is 2.12. The van der Waals surface area contributed by atoms with Crippen molar-refractivity contribution in [2.75, 3.05) is 13.1 Å². The molecule has 1 saturated heterocycles. The summed E-state index contributed by atoms with van der Waals surface area (Å²) in [7, 11) is 0. The first-order valence-corrected chi connectivity index (χ1v) is 8.79. The fraction of sp³-hybridized carbons (Fsp3) is 0.944. The molecule has 0 aromatic heterocycles.